The molecule has 0 radical (unpaired) electrons. The van der Waals surface area contributed by atoms with E-state index in [2.05, 4.69) is 11.4 Å². The molecule has 1 atom stereocenters. The summed E-state index contributed by atoms with van der Waals surface area (Å²) >= 11 is 2.05. The molecule has 1 unspecified atom stereocenters. The Labute approximate surface area is 132 Å². The van der Waals surface area contributed by atoms with E-state index in [1.807, 2.05) is 32.5 Å². The molecule has 1 amide bonds. The van der Waals surface area contributed by atoms with E-state index in [0.29, 0.717) is 12.6 Å². The minimum absolute atomic E-state index is 0.200. The van der Waals surface area contributed by atoms with Gasteiger partial charge in [-0.3, -0.25) is 0 Å². The molecule has 0 aliphatic carbocycles. The molecule has 4 nitrogen and oxygen atoms in total. The number of nitrogens with zero attached hydrogens (tertiary/aromatic N) is 1. The van der Waals surface area contributed by atoms with Gasteiger partial charge in [0.1, 0.15) is 5.60 Å². The summed E-state index contributed by atoms with van der Waals surface area (Å²) in [6.07, 6.45) is 5.55. The van der Waals surface area contributed by atoms with E-state index in [0.717, 1.165) is 19.5 Å². The molecule has 0 saturated carbocycles. The SMILES string of the molecule is CC(C)(C)OC(=O)N1CC=C(CNC2CCCSC2)CC1. The number of amides is 1. The van der Waals surface area contributed by atoms with Crippen LogP contribution in [0.1, 0.15) is 40.0 Å². The van der Waals surface area contributed by atoms with E-state index >= 15 is 0 Å². The fourth-order valence-corrected chi connectivity index (χ4v) is 3.65. The number of carbonyl (C=O) groups excluding carboxylic acids is 1. The van der Waals surface area contributed by atoms with Crippen molar-refractivity contribution in [3.63, 3.8) is 0 Å². The summed E-state index contributed by atoms with van der Waals surface area (Å²) < 4.78 is 5.41. The van der Waals surface area contributed by atoms with Crippen molar-refractivity contribution in [2.24, 2.45) is 0 Å². The second-order valence-corrected chi connectivity index (χ2v) is 7.98. The Bertz CT molecular complexity index is 384. The first kappa shape index (κ1) is 16.7. The predicted molar refractivity (Wildman–Crippen MR) is 88.9 cm³/mol. The number of thioether (sulfide) groups is 1. The van der Waals surface area contributed by atoms with E-state index in [9.17, 15) is 4.79 Å². The van der Waals surface area contributed by atoms with Gasteiger partial charge in [0.05, 0.1) is 0 Å². The van der Waals surface area contributed by atoms with Crippen molar-refractivity contribution in [3.05, 3.63) is 11.6 Å². The lowest BCUT2D eigenvalue weighted by Crippen LogP contribution is -2.41. The highest BCUT2D eigenvalue weighted by Crippen LogP contribution is 2.18. The zero-order chi connectivity index (χ0) is 15.3. The van der Waals surface area contributed by atoms with Gasteiger partial charge in [-0.2, -0.15) is 11.8 Å². The second-order valence-electron chi connectivity index (χ2n) is 6.83. The first-order valence-electron chi connectivity index (χ1n) is 7.91. The van der Waals surface area contributed by atoms with Crippen LogP contribution < -0.4 is 5.32 Å². The maximum absolute atomic E-state index is 12.0. The van der Waals surface area contributed by atoms with Crippen LogP contribution in [0.15, 0.2) is 11.6 Å². The largest absolute Gasteiger partial charge is 0.444 e. The van der Waals surface area contributed by atoms with Crippen LogP contribution in [0.5, 0.6) is 0 Å². The van der Waals surface area contributed by atoms with Gasteiger partial charge in [-0.05, 0) is 45.8 Å². The van der Waals surface area contributed by atoms with Crippen LogP contribution in [0.2, 0.25) is 0 Å². The monoisotopic (exact) mass is 312 g/mol. The van der Waals surface area contributed by atoms with Crippen molar-refractivity contribution in [2.75, 3.05) is 31.1 Å². The number of hydrogen-bond donors (Lipinski definition) is 1. The van der Waals surface area contributed by atoms with Crippen molar-refractivity contribution < 1.29 is 9.53 Å². The first-order chi connectivity index (χ1) is 9.94. The predicted octanol–water partition coefficient (Wildman–Crippen LogP) is 3.04. The molecule has 2 aliphatic rings. The number of rotatable bonds is 3. The molecule has 0 spiro atoms. The van der Waals surface area contributed by atoms with Gasteiger partial charge in [-0.1, -0.05) is 11.6 Å². The zero-order valence-corrected chi connectivity index (χ0v) is 14.3. The zero-order valence-electron chi connectivity index (χ0n) is 13.5. The maximum atomic E-state index is 12.0. The van der Waals surface area contributed by atoms with Crippen LogP contribution in [0, 0.1) is 0 Å². The van der Waals surface area contributed by atoms with Gasteiger partial charge in [0.2, 0.25) is 0 Å². The highest BCUT2D eigenvalue weighted by molar-refractivity contribution is 7.99. The number of carbonyl (C=O) groups is 1. The lowest BCUT2D eigenvalue weighted by Gasteiger charge is -2.30. The molecule has 1 fully saturated rings. The maximum Gasteiger partial charge on any atom is 0.410 e. The summed E-state index contributed by atoms with van der Waals surface area (Å²) in [5.74, 6) is 2.54. The van der Waals surface area contributed by atoms with Crippen molar-refractivity contribution >= 4 is 17.9 Å². The fourth-order valence-electron chi connectivity index (χ4n) is 2.54. The van der Waals surface area contributed by atoms with E-state index in [4.69, 9.17) is 4.74 Å². The average Bonchev–Trinajstić information content (AvgIpc) is 2.45. The quantitative estimate of drug-likeness (QED) is 0.813. The molecular weight excluding hydrogens is 284 g/mol. The van der Waals surface area contributed by atoms with Gasteiger partial charge in [-0.25, -0.2) is 4.79 Å². The minimum Gasteiger partial charge on any atom is -0.444 e. The molecule has 2 aliphatic heterocycles. The average molecular weight is 312 g/mol. The third kappa shape index (κ3) is 5.91. The van der Waals surface area contributed by atoms with Crippen molar-refractivity contribution in [1.82, 2.24) is 10.2 Å². The van der Waals surface area contributed by atoms with Crippen LogP contribution >= 0.6 is 11.8 Å². The molecule has 2 rings (SSSR count). The smallest absolute Gasteiger partial charge is 0.410 e. The Balaban J connectivity index is 1.72. The van der Waals surface area contributed by atoms with Crippen molar-refractivity contribution in [3.8, 4) is 0 Å². The Kier molecular flexibility index (Phi) is 5.99. The summed E-state index contributed by atoms with van der Waals surface area (Å²) in [7, 11) is 0. The fraction of sp³-hybridized carbons (Fsp3) is 0.812. The highest BCUT2D eigenvalue weighted by Gasteiger charge is 2.23. The van der Waals surface area contributed by atoms with Gasteiger partial charge < -0.3 is 15.0 Å². The molecule has 21 heavy (non-hydrogen) atoms. The standard InChI is InChI=1S/C16H28N2O2S/c1-16(2,3)20-15(19)18-8-6-13(7-9-18)11-17-14-5-4-10-21-12-14/h6,14,17H,4-5,7-12H2,1-3H3. The molecule has 0 aromatic carbocycles. The summed E-state index contributed by atoms with van der Waals surface area (Å²) in [6.45, 7) is 8.12. The van der Waals surface area contributed by atoms with E-state index in [-0.39, 0.29) is 6.09 Å². The van der Waals surface area contributed by atoms with Gasteiger partial charge in [0, 0.05) is 31.4 Å². The molecule has 2 heterocycles. The van der Waals surface area contributed by atoms with Gasteiger partial charge in [0.25, 0.3) is 0 Å². The minimum atomic E-state index is -0.415. The second kappa shape index (κ2) is 7.54. The Morgan fingerprint density at radius 3 is 2.90 bits per heavy atom. The van der Waals surface area contributed by atoms with Crippen molar-refractivity contribution in [2.45, 2.75) is 51.7 Å². The summed E-state index contributed by atoms with van der Waals surface area (Å²) in [4.78, 5) is 13.8. The number of nitrogens with one attached hydrogen (secondary N) is 1. The lowest BCUT2D eigenvalue weighted by molar-refractivity contribution is 0.0265. The summed E-state index contributed by atoms with van der Waals surface area (Å²) in [6, 6.07) is 0.661. The molecule has 1 saturated heterocycles. The third-order valence-corrected chi connectivity index (χ3v) is 4.95. The Morgan fingerprint density at radius 2 is 2.33 bits per heavy atom. The van der Waals surface area contributed by atoms with Crippen LogP contribution in [-0.2, 0) is 4.74 Å². The number of ether oxygens (including phenoxy) is 1. The van der Waals surface area contributed by atoms with Gasteiger partial charge in [-0.15, -0.1) is 0 Å². The van der Waals surface area contributed by atoms with E-state index in [1.165, 1.54) is 29.9 Å². The Hall–Kier alpha value is -0.680. The third-order valence-electron chi connectivity index (χ3n) is 3.73. The lowest BCUT2D eigenvalue weighted by atomic mass is 10.1. The van der Waals surface area contributed by atoms with Gasteiger partial charge in [0.15, 0.2) is 0 Å². The van der Waals surface area contributed by atoms with E-state index in [1.54, 1.807) is 4.90 Å². The number of hydrogen-bond acceptors (Lipinski definition) is 4. The van der Waals surface area contributed by atoms with Crippen LogP contribution in [0.25, 0.3) is 0 Å². The van der Waals surface area contributed by atoms with E-state index < -0.39 is 5.60 Å². The normalized spacial score (nSPS) is 23.7. The molecule has 0 aromatic rings. The topological polar surface area (TPSA) is 41.6 Å². The summed E-state index contributed by atoms with van der Waals surface area (Å²) in [5, 5.41) is 3.65. The molecule has 120 valence electrons. The van der Waals surface area contributed by atoms with Crippen LogP contribution in [0.4, 0.5) is 4.79 Å². The molecular formula is C16H28N2O2S. The molecule has 5 heteroatoms. The molecule has 0 aromatic heterocycles. The van der Waals surface area contributed by atoms with Gasteiger partial charge >= 0.3 is 6.09 Å². The molecule has 0 bridgehead atoms. The first-order valence-corrected chi connectivity index (χ1v) is 9.06. The summed E-state index contributed by atoms with van der Waals surface area (Å²) in [5.41, 5.74) is 1.01. The molecule has 1 N–H and O–H groups in total. The van der Waals surface area contributed by atoms with Crippen LogP contribution in [-0.4, -0.2) is 53.8 Å². The Morgan fingerprint density at radius 1 is 1.52 bits per heavy atom. The van der Waals surface area contributed by atoms with Crippen molar-refractivity contribution in [1.29, 1.82) is 0 Å². The highest BCUT2D eigenvalue weighted by atomic mass is 32.2. The van der Waals surface area contributed by atoms with Crippen LogP contribution in [0.3, 0.4) is 0 Å².